The molecular formula is C12H24BrF. The van der Waals surface area contributed by atoms with E-state index in [1.54, 1.807) is 0 Å². The minimum absolute atomic E-state index is 0.0996. The Hall–Kier alpha value is 0.410. The van der Waals surface area contributed by atoms with Crippen molar-refractivity contribution in [3.05, 3.63) is 0 Å². The van der Waals surface area contributed by atoms with Crippen molar-refractivity contribution in [2.45, 2.75) is 69.5 Å². The standard InChI is InChI=1S/C12H24BrF/c1-2-3-4-5-6-7-8-9-10-12(13)11-14/h12H,2-11H2,1H3. The number of halogens is 2. The molecule has 0 aliphatic carbocycles. The van der Waals surface area contributed by atoms with Gasteiger partial charge in [0.05, 0.1) is 0 Å². The van der Waals surface area contributed by atoms with Crippen LogP contribution in [-0.2, 0) is 0 Å². The Bertz CT molecular complexity index is 106. The smallest absolute Gasteiger partial charge is 0.102 e. The molecule has 0 rings (SSSR count). The summed E-state index contributed by atoms with van der Waals surface area (Å²) in [6.45, 7) is 2.02. The molecule has 0 aliphatic heterocycles. The van der Waals surface area contributed by atoms with E-state index in [1.807, 2.05) is 0 Å². The van der Waals surface area contributed by atoms with Crippen molar-refractivity contribution in [1.29, 1.82) is 0 Å². The van der Waals surface area contributed by atoms with Crippen LogP contribution in [0.4, 0.5) is 4.39 Å². The van der Waals surface area contributed by atoms with Crippen molar-refractivity contribution < 1.29 is 4.39 Å². The van der Waals surface area contributed by atoms with Gasteiger partial charge in [-0.05, 0) is 6.42 Å². The molecule has 0 fully saturated rings. The molecule has 0 saturated carbocycles. The third-order valence-electron chi connectivity index (χ3n) is 2.54. The molecule has 0 aromatic heterocycles. The summed E-state index contributed by atoms with van der Waals surface area (Å²) >= 11 is 3.31. The molecule has 0 bridgehead atoms. The highest BCUT2D eigenvalue weighted by Gasteiger charge is 2.01. The summed E-state index contributed by atoms with van der Waals surface area (Å²) < 4.78 is 12.1. The van der Waals surface area contributed by atoms with Gasteiger partial charge in [-0.25, -0.2) is 4.39 Å². The fraction of sp³-hybridized carbons (Fsp3) is 1.00. The molecule has 14 heavy (non-hydrogen) atoms. The van der Waals surface area contributed by atoms with Gasteiger partial charge in [0.15, 0.2) is 0 Å². The van der Waals surface area contributed by atoms with Gasteiger partial charge in [-0.1, -0.05) is 74.2 Å². The fourth-order valence-electron chi connectivity index (χ4n) is 1.58. The zero-order valence-electron chi connectivity index (χ0n) is 9.40. The minimum Gasteiger partial charge on any atom is -0.250 e. The quantitative estimate of drug-likeness (QED) is 0.374. The van der Waals surface area contributed by atoms with Gasteiger partial charge in [0.2, 0.25) is 0 Å². The van der Waals surface area contributed by atoms with E-state index in [0.717, 1.165) is 6.42 Å². The van der Waals surface area contributed by atoms with Crippen molar-refractivity contribution in [1.82, 2.24) is 0 Å². The lowest BCUT2D eigenvalue weighted by molar-refractivity contribution is 0.462. The van der Waals surface area contributed by atoms with Crippen LogP contribution in [-0.4, -0.2) is 11.5 Å². The van der Waals surface area contributed by atoms with E-state index in [2.05, 4.69) is 22.9 Å². The van der Waals surface area contributed by atoms with Crippen LogP contribution in [0.1, 0.15) is 64.7 Å². The Morgan fingerprint density at radius 2 is 1.43 bits per heavy atom. The summed E-state index contributed by atoms with van der Waals surface area (Å²) in [7, 11) is 0. The summed E-state index contributed by atoms with van der Waals surface area (Å²) in [5.41, 5.74) is 0. The van der Waals surface area contributed by atoms with Crippen LogP contribution in [0.25, 0.3) is 0 Å². The molecule has 0 aromatic rings. The predicted molar refractivity (Wildman–Crippen MR) is 65.9 cm³/mol. The lowest BCUT2D eigenvalue weighted by Crippen LogP contribution is -1.99. The maximum Gasteiger partial charge on any atom is 0.102 e. The van der Waals surface area contributed by atoms with Gasteiger partial charge >= 0.3 is 0 Å². The van der Waals surface area contributed by atoms with Crippen LogP contribution < -0.4 is 0 Å². The third-order valence-corrected chi connectivity index (χ3v) is 3.24. The second-order valence-corrected chi connectivity index (χ2v) is 5.31. The van der Waals surface area contributed by atoms with Crippen LogP contribution in [0, 0.1) is 0 Å². The molecule has 0 saturated heterocycles. The lowest BCUT2D eigenvalue weighted by atomic mass is 10.1. The second-order valence-electron chi connectivity index (χ2n) is 4.02. The largest absolute Gasteiger partial charge is 0.250 e. The lowest BCUT2D eigenvalue weighted by Gasteiger charge is -2.04. The number of rotatable bonds is 10. The van der Waals surface area contributed by atoms with Gasteiger partial charge in [0.1, 0.15) is 6.67 Å². The van der Waals surface area contributed by atoms with Gasteiger partial charge in [0.25, 0.3) is 0 Å². The molecule has 0 aromatic carbocycles. The highest BCUT2D eigenvalue weighted by molar-refractivity contribution is 9.09. The van der Waals surface area contributed by atoms with E-state index in [4.69, 9.17) is 0 Å². The zero-order valence-corrected chi connectivity index (χ0v) is 11.0. The summed E-state index contributed by atoms with van der Waals surface area (Å²) in [6, 6.07) is 0. The van der Waals surface area contributed by atoms with E-state index < -0.39 is 0 Å². The van der Waals surface area contributed by atoms with Crippen LogP contribution in [0.2, 0.25) is 0 Å². The van der Waals surface area contributed by atoms with Crippen LogP contribution in [0.3, 0.4) is 0 Å². The Kier molecular flexibility index (Phi) is 11.8. The SMILES string of the molecule is CCCCCCCCCCC(Br)CF. The molecule has 1 atom stereocenters. The summed E-state index contributed by atoms with van der Waals surface area (Å²) in [6.07, 6.45) is 11.6. The van der Waals surface area contributed by atoms with Gasteiger partial charge in [-0.3, -0.25) is 0 Å². The van der Waals surface area contributed by atoms with Crippen molar-refractivity contribution in [2.75, 3.05) is 6.67 Å². The molecule has 0 nitrogen and oxygen atoms in total. The topological polar surface area (TPSA) is 0 Å². The van der Waals surface area contributed by atoms with Crippen molar-refractivity contribution >= 4 is 15.9 Å². The van der Waals surface area contributed by atoms with E-state index in [1.165, 1.54) is 51.4 Å². The number of alkyl halides is 2. The van der Waals surface area contributed by atoms with Crippen LogP contribution >= 0.6 is 15.9 Å². The molecule has 0 aliphatic rings. The van der Waals surface area contributed by atoms with Crippen LogP contribution in [0.15, 0.2) is 0 Å². The molecule has 0 spiro atoms. The Morgan fingerprint density at radius 3 is 1.93 bits per heavy atom. The van der Waals surface area contributed by atoms with Gasteiger partial charge in [-0.2, -0.15) is 0 Å². The van der Waals surface area contributed by atoms with Crippen molar-refractivity contribution in [3.63, 3.8) is 0 Å². The van der Waals surface area contributed by atoms with Crippen molar-refractivity contribution in [3.8, 4) is 0 Å². The predicted octanol–water partition coefficient (Wildman–Crippen LogP) is 5.25. The molecular weight excluding hydrogens is 243 g/mol. The highest BCUT2D eigenvalue weighted by Crippen LogP contribution is 2.14. The molecule has 86 valence electrons. The number of hydrogen-bond donors (Lipinski definition) is 0. The summed E-state index contributed by atoms with van der Waals surface area (Å²) in [5, 5.41) is 0. The monoisotopic (exact) mass is 266 g/mol. The first-order chi connectivity index (χ1) is 6.81. The summed E-state index contributed by atoms with van der Waals surface area (Å²) in [4.78, 5) is 0.0996. The van der Waals surface area contributed by atoms with E-state index in [0.29, 0.717) is 0 Å². The zero-order chi connectivity index (χ0) is 10.6. The van der Waals surface area contributed by atoms with Gasteiger partial charge < -0.3 is 0 Å². The Labute approximate surface area is 96.8 Å². The number of hydrogen-bond acceptors (Lipinski definition) is 0. The first-order valence-electron chi connectivity index (χ1n) is 6.01. The van der Waals surface area contributed by atoms with E-state index in [9.17, 15) is 4.39 Å². The first-order valence-corrected chi connectivity index (χ1v) is 6.92. The minimum atomic E-state index is -0.226. The second kappa shape index (κ2) is 11.5. The highest BCUT2D eigenvalue weighted by atomic mass is 79.9. The van der Waals surface area contributed by atoms with Gasteiger partial charge in [0, 0.05) is 4.83 Å². The third kappa shape index (κ3) is 10.5. The molecule has 0 radical (unpaired) electrons. The average Bonchev–Trinajstić information content (AvgIpc) is 2.21. The maximum absolute atomic E-state index is 12.1. The Balaban J connectivity index is 2.92. The average molecular weight is 267 g/mol. The Morgan fingerprint density at radius 1 is 0.929 bits per heavy atom. The van der Waals surface area contributed by atoms with Gasteiger partial charge in [-0.15, -0.1) is 0 Å². The number of unbranched alkanes of at least 4 members (excludes halogenated alkanes) is 7. The molecule has 0 N–H and O–H groups in total. The fourth-order valence-corrected chi connectivity index (χ4v) is 1.90. The molecule has 0 heterocycles. The van der Waals surface area contributed by atoms with E-state index in [-0.39, 0.29) is 11.5 Å². The molecule has 2 heteroatoms. The normalized spacial score (nSPS) is 13.1. The van der Waals surface area contributed by atoms with E-state index >= 15 is 0 Å². The summed E-state index contributed by atoms with van der Waals surface area (Å²) in [5.74, 6) is 0. The molecule has 0 amide bonds. The van der Waals surface area contributed by atoms with Crippen molar-refractivity contribution in [2.24, 2.45) is 0 Å². The molecule has 1 unspecified atom stereocenters. The first kappa shape index (κ1) is 14.4. The maximum atomic E-state index is 12.1. The van der Waals surface area contributed by atoms with Crippen LogP contribution in [0.5, 0.6) is 0 Å².